The van der Waals surface area contributed by atoms with Gasteiger partial charge in [0, 0.05) is 7.11 Å². The molecule has 0 bridgehead atoms. The first kappa shape index (κ1) is 8.12. The van der Waals surface area contributed by atoms with Crippen LogP contribution in [0.2, 0.25) is 6.32 Å². The Bertz CT molecular complexity index is 79.3. The van der Waals surface area contributed by atoms with Crippen LogP contribution in [-0.2, 0) is 4.65 Å². The molecular formula is C8H16BO. The van der Waals surface area contributed by atoms with E-state index in [0.717, 1.165) is 12.2 Å². The summed E-state index contributed by atoms with van der Waals surface area (Å²) in [5.74, 6) is 0.925. The maximum absolute atomic E-state index is 4.92. The van der Waals surface area contributed by atoms with Crippen LogP contribution in [0.25, 0.3) is 0 Å². The largest absolute Gasteiger partial charge is 0.443 e. The van der Waals surface area contributed by atoms with E-state index in [1.807, 2.05) is 7.48 Å². The molecule has 0 atom stereocenters. The van der Waals surface area contributed by atoms with E-state index in [0.29, 0.717) is 0 Å². The molecule has 0 amide bonds. The summed E-state index contributed by atoms with van der Waals surface area (Å²) in [6, 6.07) is 0. The zero-order valence-electron chi connectivity index (χ0n) is 6.81. The highest BCUT2D eigenvalue weighted by Gasteiger charge is 2.12. The molecule has 1 aliphatic carbocycles. The van der Waals surface area contributed by atoms with Crippen molar-refractivity contribution in [3.63, 3.8) is 0 Å². The first-order valence-corrected chi connectivity index (χ1v) is 4.28. The Labute approximate surface area is 64.4 Å². The second-order valence-electron chi connectivity index (χ2n) is 3.14. The first-order valence-electron chi connectivity index (χ1n) is 4.28. The highest BCUT2D eigenvalue weighted by Crippen LogP contribution is 2.26. The summed E-state index contributed by atoms with van der Waals surface area (Å²) in [5, 5.41) is 0. The topological polar surface area (TPSA) is 9.23 Å². The van der Waals surface area contributed by atoms with E-state index >= 15 is 0 Å². The molecule has 0 aromatic carbocycles. The molecule has 1 fully saturated rings. The Balaban J connectivity index is 2.02. The lowest BCUT2D eigenvalue weighted by molar-refractivity contribution is 0.365. The van der Waals surface area contributed by atoms with Gasteiger partial charge in [-0.3, -0.25) is 0 Å². The van der Waals surface area contributed by atoms with Crippen molar-refractivity contribution in [2.45, 2.75) is 38.4 Å². The molecule has 0 heterocycles. The lowest BCUT2D eigenvalue weighted by Gasteiger charge is -2.20. The van der Waals surface area contributed by atoms with E-state index < -0.39 is 0 Å². The average Bonchev–Trinajstić information content (AvgIpc) is 2.03. The first-order chi connectivity index (χ1) is 4.93. The molecule has 1 aliphatic rings. The Morgan fingerprint density at radius 2 is 2.00 bits per heavy atom. The summed E-state index contributed by atoms with van der Waals surface area (Å²) in [4.78, 5) is 0. The summed E-state index contributed by atoms with van der Waals surface area (Å²) in [6.45, 7) is 0. The zero-order chi connectivity index (χ0) is 7.23. The van der Waals surface area contributed by atoms with Crippen LogP contribution in [0.3, 0.4) is 0 Å². The van der Waals surface area contributed by atoms with Gasteiger partial charge < -0.3 is 4.65 Å². The molecule has 57 valence electrons. The number of hydrogen-bond acceptors (Lipinski definition) is 1. The summed E-state index contributed by atoms with van der Waals surface area (Å²) in [5.41, 5.74) is 0. The summed E-state index contributed by atoms with van der Waals surface area (Å²) in [7, 11) is 3.68. The Morgan fingerprint density at radius 3 is 2.60 bits per heavy atom. The molecular weight excluding hydrogens is 123 g/mol. The Kier molecular flexibility index (Phi) is 3.88. The molecule has 0 spiro atoms. The lowest BCUT2D eigenvalue weighted by atomic mass is 9.77. The van der Waals surface area contributed by atoms with Crippen molar-refractivity contribution in [1.82, 2.24) is 0 Å². The minimum Gasteiger partial charge on any atom is -0.443 e. The molecule has 0 N–H and O–H groups in total. The maximum Gasteiger partial charge on any atom is 0.292 e. The average molecular weight is 139 g/mol. The monoisotopic (exact) mass is 139 g/mol. The van der Waals surface area contributed by atoms with Gasteiger partial charge in [-0.15, -0.1) is 0 Å². The van der Waals surface area contributed by atoms with Crippen LogP contribution in [0.4, 0.5) is 0 Å². The molecule has 1 rings (SSSR count). The predicted octanol–water partition coefficient (Wildman–Crippen LogP) is 2.25. The van der Waals surface area contributed by atoms with Crippen LogP contribution in [-0.4, -0.2) is 14.6 Å². The molecule has 0 aromatic heterocycles. The van der Waals surface area contributed by atoms with Gasteiger partial charge in [0.2, 0.25) is 0 Å². The summed E-state index contributed by atoms with van der Waals surface area (Å²) in [6.07, 6.45) is 8.31. The fourth-order valence-electron chi connectivity index (χ4n) is 1.66. The van der Waals surface area contributed by atoms with Crippen LogP contribution in [0.5, 0.6) is 0 Å². The second kappa shape index (κ2) is 4.78. The SMILES string of the molecule is CO[B]CC1CCCCC1. The van der Waals surface area contributed by atoms with Crippen LogP contribution in [0.1, 0.15) is 32.1 Å². The maximum atomic E-state index is 4.92. The molecule has 2 heteroatoms. The predicted molar refractivity (Wildman–Crippen MR) is 44.1 cm³/mol. The summed E-state index contributed by atoms with van der Waals surface area (Å²) >= 11 is 0. The molecule has 10 heavy (non-hydrogen) atoms. The van der Waals surface area contributed by atoms with Gasteiger partial charge in [-0.2, -0.15) is 0 Å². The molecule has 0 saturated heterocycles. The minimum absolute atomic E-state index is 0.925. The van der Waals surface area contributed by atoms with Gasteiger partial charge in [0.25, 0.3) is 7.48 Å². The van der Waals surface area contributed by atoms with Crippen molar-refractivity contribution >= 4 is 7.48 Å². The van der Waals surface area contributed by atoms with Gasteiger partial charge in [-0.25, -0.2) is 0 Å². The second-order valence-corrected chi connectivity index (χ2v) is 3.14. The van der Waals surface area contributed by atoms with E-state index in [1.54, 1.807) is 7.11 Å². The van der Waals surface area contributed by atoms with Crippen molar-refractivity contribution in [1.29, 1.82) is 0 Å². The van der Waals surface area contributed by atoms with Gasteiger partial charge in [-0.05, 0) is 12.2 Å². The highest BCUT2D eigenvalue weighted by atomic mass is 16.4. The molecule has 0 aliphatic heterocycles. The van der Waals surface area contributed by atoms with E-state index in [2.05, 4.69) is 0 Å². The van der Waals surface area contributed by atoms with E-state index in [-0.39, 0.29) is 0 Å². The van der Waals surface area contributed by atoms with Crippen molar-refractivity contribution in [3.8, 4) is 0 Å². The van der Waals surface area contributed by atoms with Crippen molar-refractivity contribution < 1.29 is 4.65 Å². The van der Waals surface area contributed by atoms with Crippen molar-refractivity contribution in [2.24, 2.45) is 5.92 Å². The normalized spacial score (nSPS) is 20.9. The number of hydrogen-bond donors (Lipinski definition) is 0. The fourth-order valence-corrected chi connectivity index (χ4v) is 1.66. The molecule has 0 unspecified atom stereocenters. The quantitative estimate of drug-likeness (QED) is 0.545. The number of rotatable bonds is 3. The van der Waals surface area contributed by atoms with Gasteiger partial charge in [0.1, 0.15) is 0 Å². The minimum atomic E-state index is 0.925. The van der Waals surface area contributed by atoms with Crippen molar-refractivity contribution in [2.75, 3.05) is 7.11 Å². The summed E-state index contributed by atoms with van der Waals surface area (Å²) < 4.78 is 4.92. The third-order valence-electron chi connectivity index (χ3n) is 2.32. The molecule has 1 nitrogen and oxygen atoms in total. The third-order valence-corrected chi connectivity index (χ3v) is 2.32. The van der Waals surface area contributed by atoms with Crippen LogP contribution >= 0.6 is 0 Å². The highest BCUT2D eigenvalue weighted by molar-refractivity contribution is 6.27. The van der Waals surface area contributed by atoms with E-state index in [1.165, 1.54) is 32.1 Å². The van der Waals surface area contributed by atoms with E-state index in [9.17, 15) is 0 Å². The van der Waals surface area contributed by atoms with Gasteiger partial charge in [0.15, 0.2) is 0 Å². The Morgan fingerprint density at radius 1 is 1.30 bits per heavy atom. The van der Waals surface area contributed by atoms with Gasteiger partial charge in [-0.1, -0.05) is 32.1 Å². The Hall–Kier alpha value is 0.0249. The smallest absolute Gasteiger partial charge is 0.292 e. The lowest BCUT2D eigenvalue weighted by Crippen LogP contribution is -2.09. The fraction of sp³-hybridized carbons (Fsp3) is 1.00. The zero-order valence-corrected chi connectivity index (χ0v) is 6.81. The van der Waals surface area contributed by atoms with Crippen LogP contribution < -0.4 is 0 Å². The van der Waals surface area contributed by atoms with Crippen molar-refractivity contribution in [3.05, 3.63) is 0 Å². The van der Waals surface area contributed by atoms with E-state index in [4.69, 9.17) is 4.65 Å². The van der Waals surface area contributed by atoms with Gasteiger partial charge >= 0.3 is 0 Å². The van der Waals surface area contributed by atoms with Crippen LogP contribution in [0.15, 0.2) is 0 Å². The standard InChI is InChI=1S/C8H16BO/c1-10-9-7-8-5-3-2-4-6-8/h8H,2-7H2,1H3. The third kappa shape index (κ3) is 2.74. The molecule has 1 saturated carbocycles. The van der Waals surface area contributed by atoms with Crippen LogP contribution in [0, 0.1) is 5.92 Å². The van der Waals surface area contributed by atoms with Gasteiger partial charge in [0.05, 0.1) is 0 Å². The molecule has 0 aromatic rings. The molecule has 1 radical (unpaired) electrons.